The molecule has 3 saturated heterocycles. The molecule has 0 aromatic heterocycles. The quantitative estimate of drug-likeness (QED) is 0.0704. The number of carbonyl (C=O) groups is 2. The molecular weight excluding hydrogens is 853 g/mol. The van der Waals surface area contributed by atoms with Gasteiger partial charge in [-0.05, 0) is 140 Å². The molecule has 11 aliphatic rings. The molecule has 2 spiro atoms. The Bertz CT molecular complexity index is 2170. The predicted molar refractivity (Wildman–Crippen MR) is 252 cm³/mol. The highest BCUT2D eigenvalue weighted by atomic mass is 32.2. The van der Waals surface area contributed by atoms with Crippen LogP contribution in [-0.4, -0.2) is 99.8 Å². The first-order valence-electron chi connectivity index (χ1n) is 25.8. The predicted octanol–water partition coefficient (Wildman–Crippen LogP) is 9.20. The van der Waals surface area contributed by atoms with Crippen LogP contribution in [0.1, 0.15) is 131 Å². The standard InChI is InChI=1S/C55H74O10S/c1-30(2)53-48(64-53)49-55(65-49)52(7)23-20-38-33(5)60-29-39(38)42(52)28-45-54(55,63-45)50(53)62-46(58)11-9-24-66-25-21-47(59)61-37-26-36(32(4)44(57)27-37)16-13-34-10-8-22-51(6)40(17-18-41(34)51)31(3)12-19-43(56)35-14-15-35/h12-13,16,19,30-31,35,37,40-45,48-50,56-57H,4-5,8-11,14-15,17-18,20-29H2,1-3,6-7H3/b19-12+,34-13+,36-16-/t31-,37+,40?,41?,42-,43?,44-,45-,48-,49-,50+,51+,52-,53-,54+,55+/m0/s1. The molecule has 4 aliphatic heterocycles. The van der Waals surface area contributed by atoms with Crippen LogP contribution in [0, 0.1) is 46.3 Å². The SMILES string of the molecule is C=C1OCC2=C1CC[C@@]1(C)[C@H]2C[C@@H]2O[C@@]23[C@H](OC(=O)CCCSCCC(=O)O[C@@H]2C/C(=C/C=C4\CCC[C@@]5(C)C4CCC5[C@@H](C)/C=C/C(O)C4CC4)C(=C)[C@@H](O)C2)[C@@]2(C(C)C)O[C@H]2[C@@H]2O[C@@]231. The van der Waals surface area contributed by atoms with E-state index in [0.29, 0.717) is 55.3 Å². The molecular formula is C55H74O10S. The van der Waals surface area contributed by atoms with E-state index in [1.54, 1.807) is 11.8 Å². The van der Waals surface area contributed by atoms with E-state index < -0.39 is 35.1 Å². The van der Waals surface area contributed by atoms with Crippen molar-refractivity contribution in [2.45, 2.75) is 190 Å². The molecule has 360 valence electrons. The van der Waals surface area contributed by atoms with Crippen LogP contribution in [0.25, 0.3) is 0 Å². The van der Waals surface area contributed by atoms with Crippen LogP contribution in [0.3, 0.4) is 0 Å². The second-order valence-corrected chi connectivity index (χ2v) is 24.4. The number of ether oxygens (including phenoxy) is 6. The van der Waals surface area contributed by atoms with E-state index in [4.69, 9.17) is 28.4 Å². The zero-order chi connectivity index (χ0) is 46.1. The first kappa shape index (κ1) is 45.8. The Hall–Kier alpha value is -2.67. The zero-order valence-corrected chi connectivity index (χ0v) is 40.8. The molecule has 0 radical (unpaired) electrons. The van der Waals surface area contributed by atoms with E-state index in [1.165, 1.54) is 42.4 Å². The van der Waals surface area contributed by atoms with Crippen molar-refractivity contribution in [1.82, 2.24) is 0 Å². The van der Waals surface area contributed by atoms with Crippen molar-refractivity contribution < 1.29 is 48.2 Å². The third-order valence-electron chi connectivity index (χ3n) is 19.5. The molecule has 3 unspecified atom stereocenters. The number of thioether (sulfide) groups is 1. The number of allylic oxidation sites excluding steroid dienone is 5. The van der Waals surface area contributed by atoms with E-state index in [2.05, 4.69) is 72.1 Å². The highest BCUT2D eigenvalue weighted by Crippen LogP contribution is 2.83. The van der Waals surface area contributed by atoms with Gasteiger partial charge < -0.3 is 38.6 Å². The fourth-order valence-electron chi connectivity index (χ4n) is 15.7. The van der Waals surface area contributed by atoms with Crippen molar-refractivity contribution in [1.29, 1.82) is 0 Å². The van der Waals surface area contributed by atoms with Gasteiger partial charge in [0, 0.05) is 30.4 Å². The first-order chi connectivity index (χ1) is 31.6. The van der Waals surface area contributed by atoms with Gasteiger partial charge in [-0.3, -0.25) is 9.59 Å². The summed E-state index contributed by atoms with van der Waals surface area (Å²) in [6.45, 7) is 20.5. The Morgan fingerprint density at radius 2 is 1.71 bits per heavy atom. The highest BCUT2D eigenvalue weighted by molar-refractivity contribution is 7.99. The minimum atomic E-state index is -0.748. The van der Waals surface area contributed by atoms with Crippen molar-refractivity contribution >= 4 is 23.7 Å². The van der Waals surface area contributed by atoms with Crippen molar-refractivity contribution in [3.63, 3.8) is 0 Å². The smallest absolute Gasteiger partial charge is 0.306 e. The van der Waals surface area contributed by atoms with Gasteiger partial charge in [-0.25, -0.2) is 0 Å². The molecule has 16 atom stereocenters. The maximum atomic E-state index is 13.7. The fourth-order valence-corrected chi connectivity index (χ4v) is 16.5. The van der Waals surface area contributed by atoms with Crippen LogP contribution in [0.2, 0.25) is 0 Å². The van der Waals surface area contributed by atoms with Gasteiger partial charge in [-0.15, -0.1) is 0 Å². The Morgan fingerprint density at radius 3 is 2.50 bits per heavy atom. The summed E-state index contributed by atoms with van der Waals surface area (Å²) in [4.78, 5) is 26.8. The molecule has 9 fully saturated rings. The number of esters is 2. The van der Waals surface area contributed by atoms with Gasteiger partial charge >= 0.3 is 11.9 Å². The van der Waals surface area contributed by atoms with Crippen molar-refractivity contribution in [2.75, 3.05) is 18.1 Å². The van der Waals surface area contributed by atoms with Crippen molar-refractivity contribution in [3.8, 4) is 0 Å². The summed E-state index contributed by atoms with van der Waals surface area (Å²) < 4.78 is 38.8. The molecule has 10 nitrogen and oxygen atoms in total. The number of epoxide rings is 3. The molecule has 0 bridgehead atoms. The summed E-state index contributed by atoms with van der Waals surface area (Å²) in [6.07, 6.45) is 19.5. The minimum absolute atomic E-state index is 0.0675. The summed E-state index contributed by atoms with van der Waals surface area (Å²) in [7, 11) is 0. The lowest BCUT2D eigenvalue weighted by Crippen LogP contribution is -2.70. The summed E-state index contributed by atoms with van der Waals surface area (Å²) in [6, 6.07) is 0. The number of aliphatic hydroxyl groups excluding tert-OH is 2. The van der Waals surface area contributed by atoms with Gasteiger partial charge in [-0.2, -0.15) is 11.8 Å². The summed E-state index contributed by atoms with van der Waals surface area (Å²) in [5, 5.41) is 21.5. The van der Waals surface area contributed by atoms with E-state index >= 15 is 0 Å². The molecule has 11 heteroatoms. The average Bonchev–Trinajstić information content (AvgIpc) is 4.12. The Labute approximate surface area is 396 Å². The molecule has 0 aromatic carbocycles. The third-order valence-corrected chi connectivity index (χ3v) is 20.6. The summed E-state index contributed by atoms with van der Waals surface area (Å²) in [5.41, 5.74) is 3.98. The lowest BCUT2D eigenvalue weighted by atomic mass is 9.46. The maximum Gasteiger partial charge on any atom is 0.306 e. The second-order valence-electron chi connectivity index (χ2n) is 23.2. The summed E-state index contributed by atoms with van der Waals surface area (Å²) in [5.74, 6) is 4.02. The Balaban J connectivity index is 0.652. The molecule has 6 saturated carbocycles. The van der Waals surface area contributed by atoms with Gasteiger partial charge in [0.1, 0.15) is 41.9 Å². The Morgan fingerprint density at radius 1 is 0.909 bits per heavy atom. The largest absolute Gasteiger partial charge is 0.490 e. The molecule has 66 heavy (non-hydrogen) atoms. The molecule has 11 rings (SSSR count). The maximum absolute atomic E-state index is 13.7. The first-order valence-corrected chi connectivity index (χ1v) is 26.9. The van der Waals surface area contributed by atoms with Gasteiger partial charge in [0.25, 0.3) is 0 Å². The lowest BCUT2D eigenvalue weighted by Gasteiger charge is -2.53. The van der Waals surface area contributed by atoms with Crippen molar-refractivity contribution in [2.24, 2.45) is 46.3 Å². The van der Waals surface area contributed by atoms with Gasteiger partial charge in [-0.1, -0.05) is 77.7 Å². The number of fused-ring (bicyclic) bond motifs is 5. The zero-order valence-electron chi connectivity index (χ0n) is 40.0. The molecule has 7 aliphatic carbocycles. The number of carbonyl (C=O) groups excluding carboxylic acids is 2. The van der Waals surface area contributed by atoms with Crippen LogP contribution in [0.5, 0.6) is 0 Å². The highest BCUT2D eigenvalue weighted by Gasteiger charge is 3.01. The van der Waals surface area contributed by atoms with E-state index in [1.807, 2.05) is 0 Å². The average molecular weight is 927 g/mol. The topological polar surface area (TPSA) is 140 Å². The number of rotatable bonds is 15. The number of hydrogen-bond donors (Lipinski definition) is 2. The fraction of sp³-hybridized carbons (Fsp3) is 0.745. The number of hydrogen-bond acceptors (Lipinski definition) is 11. The van der Waals surface area contributed by atoms with E-state index in [9.17, 15) is 19.8 Å². The van der Waals surface area contributed by atoms with E-state index in [0.717, 1.165) is 61.2 Å². The van der Waals surface area contributed by atoms with Crippen LogP contribution in [-0.2, 0) is 38.0 Å². The second kappa shape index (κ2) is 16.5. The molecule has 0 amide bonds. The van der Waals surface area contributed by atoms with Crippen LogP contribution in [0.4, 0.5) is 0 Å². The normalized spacial score (nSPS) is 45.8. The monoisotopic (exact) mass is 927 g/mol. The van der Waals surface area contributed by atoms with Gasteiger partial charge in [0.05, 0.1) is 24.7 Å². The molecule has 2 N–H and O–H groups in total. The Kier molecular flexibility index (Phi) is 11.4. The number of aliphatic hydroxyl groups is 2. The molecule has 4 heterocycles. The lowest BCUT2D eigenvalue weighted by molar-refractivity contribution is -0.169. The van der Waals surface area contributed by atoms with Crippen LogP contribution >= 0.6 is 11.8 Å². The van der Waals surface area contributed by atoms with Gasteiger partial charge in [0.2, 0.25) is 0 Å². The third kappa shape index (κ3) is 6.94. The van der Waals surface area contributed by atoms with E-state index in [-0.39, 0.29) is 71.9 Å². The van der Waals surface area contributed by atoms with Crippen LogP contribution < -0.4 is 0 Å². The summed E-state index contributed by atoms with van der Waals surface area (Å²) >= 11 is 1.64. The van der Waals surface area contributed by atoms with Crippen LogP contribution in [0.15, 0.2) is 71.1 Å². The van der Waals surface area contributed by atoms with Gasteiger partial charge in [0.15, 0.2) is 11.7 Å². The molecule has 0 aromatic rings. The van der Waals surface area contributed by atoms with Crippen molar-refractivity contribution in [3.05, 3.63) is 71.1 Å². The minimum Gasteiger partial charge on any atom is -0.490 e.